The zero-order valence-corrected chi connectivity index (χ0v) is 10.2. The summed E-state index contributed by atoms with van der Waals surface area (Å²) in [5.41, 5.74) is -0.818. The zero-order chi connectivity index (χ0) is 14.2. The predicted molar refractivity (Wildman–Crippen MR) is 61.8 cm³/mol. The molecule has 7 heteroatoms. The first-order valence-corrected chi connectivity index (χ1v) is 5.83. The first-order chi connectivity index (χ1) is 8.80. The van der Waals surface area contributed by atoms with Gasteiger partial charge in [-0.1, -0.05) is 6.92 Å². The van der Waals surface area contributed by atoms with Crippen molar-refractivity contribution in [2.75, 3.05) is 11.4 Å². The number of pyridine rings is 1. The second-order valence-corrected chi connectivity index (χ2v) is 4.64. The predicted octanol–water partition coefficient (Wildman–Crippen LogP) is 2.40. The van der Waals surface area contributed by atoms with Crippen LogP contribution >= 0.6 is 0 Å². The molecule has 19 heavy (non-hydrogen) atoms. The van der Waals surface area contributed by atoms with E-state index in [2.05, 4.69) is 4.98 Å². The molecule has 2 rings (SSSR count). The summed E-state index contributed by atoms with van der Waals surface area (Å²) in [5, 5.41) is 9.15. The second kappa shape index (κ2) is 4.71. The van der Waals surface area contributed by atoms with Gasteiger partial charge in [0.05, 0.1) is 5.56 Å². The molecule has 1 fully saturated rings. The van der Waals surface area contributed by atoms with Gasteiger partial charge in [-0.15, -0.1) is 0 Å². The maximum atomic E-state index is 12.6. The van der Waals surface area contributed by atoms with Crippen LogP contribution in [0, 0.1) is 5.92 Å². The SMILES string of the molecule is CC1CCN(c2cc(C(F)(F)F)ccn2)C1C(=O)O. The Hall–Kier alpha value is -1.79. The van der Waals surface area contributed by atoms with Crippen LogP contribution in [-0.4, -0.2) is 28.6 Å². The van der Waals surface area contributed by atoms with E-state index in [0.29, 0.717) is 13.0 Å². The van der Waals surface area contributed by atoms with Crippen molar-refractivity contribution in [2.24, 2.45) is 5.92 Å². The fourth-order valence-corrected chi connectivity index (χ4v) is 2.33. The zero-order valence-electron chi connectivity index (χ0n) is 10.2. The van der Waals surface area contributed by atoms with Gasteiger partial charge >= 0.3 is 12.1 Å². The molecule has 2 unspecified atom stereocenters. The molecule has 1 aliphatic heterocycles. The highest BCUT2D eigenvalue weighted by Crippen LogP contribution is 2.33. The summed E-state index contributed by atoms with van der Waals surface area (Å²) < 4.78 is 37.9. The molecular weight excluding hydrogens is 261 g/mol. The van der Waals surface area contributed by atoms with E-state index >= 15 is 0 Å². The number of hydrogen-bond donors (Lipinski definition) is 1. The Kier molecular flexibility index (Phi) is 3.38. The summed E-state index contributed by atoms with van der Waals surface area (Å²) in [6.07, 6.45) is -2.78. The molecule has 0 aliphatic carbocycles. The van der Waals surface area contributed by atoms with Crippen molar-refractivity contribution in [3.8, 4) is 0 Å². The lowest BCUT2D eigenvalue weighted by atomic mass is 10.0. The van der Waals surface area contributed by atoms with E-state index in [-0.39, 0.29) is 11.7 Å². The van der Waals surface area contributed by atoms with E-state index < -0.39 is 23.8 Å². The fourth-order valence-electron chi connectivity index (χ4n) is 2.33. The van der Waals surface area contributed by atoms with Crippen LogP contribution in [0.1, 0.15) is 18.9 Å². The lowest BCUT2D eigenvalue weighted by Gasteiger charge is -2.24. The molecule has 1 aromatic rings. The van der Waals surface area contributed by atoms with Gasteiger partial charge in [0.1, 0.15) is 11.9 Å². The van der Waals surface area contributed by atoms with Crippen LogP contribution in [0.25, 0.3) is 0 Å². The minimum absolute atomic E-state index is 0.0616. The number of hydrogen-bond acceptors (Lipinski definition) is 3. The van der Waals surface area contributed by atoms with Crippen LogP contribution in [0.2, 0.25) is 0 Å². The summed E-state index contributed by atoms with van der Waals surface area (Å²) in [6, 6.07) is 0.947. The molecule has 1 aromatic heterocycles. The van der Waals surface area contributed by atoms with Crippen molar-refractivity contribution in [3.63, 3.8) is 0 Å². The van der Waals surface area contributed by atoms with Gasteiger partial charge in [0.25, 0.3) is 0 Å². The maximum Gasteiger partial charge on any atom is 0.416 e. The van der Waals surface area contributed by atoms with Crippen molar-refractivity contribution < 1.29 is 23.1 Å². The molecule has 0 amide bonds. The van der Waals surface area contributed by atoms with Gasteiger partial charge in [0.15, 0.2) is 0 Å². The highest BCUT2D eigenvalue weighted by Gasteiger charge is 2.38. The molecule has 0 saturated carbocycles. The number of rotatable bonds is 2. The van der Waals surface area contributed by atoms with Crippen LogP contribution in [0.15, 0.2) is 18.3 Å². The number of halogens is 3. The number of aromatic nitrogens is 1. The van der Waals surface area contributed by atoms with Gasteiger partial charge < -0.3 is 10.0 Å². The van der Waals surface area contributed by atoms with E-state index in [1.807, 2.05) is 0 Å². The van der Waals surface area contributed by atoms with Crippen LogP contribution in [0.4, 0.5) is 19.0 Å². The lowest BCUT2D eigenvalue weighted by Crippen LogP contribution is -2.39. The first kappa shape index (κ1) is 13.6. The van der Waals surface area contributed by atoms with Crippen LogP contribution in [0.5, 0.6) is 0 Å². The summed E-state index contributed by atoms with van der Waals surface area (Å²) >= 11 is 0. The van der Waals surface area contributed by atoms with Crippen LogP contribution < -0.4 is 4.90 Å². The minimum atomic E-state index is -4.46. The maximum absolute atomic E-state index is 12.6. The van der Waals surface area contributed by atoms with Crippen molar-refractivity contribution in [1.82, 2.24) is 4.98 Å². The average molecular weight is 274 g/mol. The number of aliphatic carboxylic acids is 1. The monoisotopic (exact) mass is 274 g/mol. The van der Waals surface area contributed by atoms with E-state index in [1.165, 1.54) is 4.90 Å². The van der Waals surface area contributed by atoms with Crippen molar-refractivity contribution in [1.29, 1.82) is 0 Å². The summed E-state index contributed by atoms with van der Waals surface area (Å²) in [4.78, 5) is 16.5. The number of alkyl halides is 3. The molecule has 1 saturated heterocycles. The summed E-state index contributed by atoms with van der Waals surface area (Å²) in [5.74, 6) is -1.09. The third-order valence-electron chi connectivity index (χ3n) is 3.32. The topological polar surface area (TPSA) is 53.4 Å². The van der Waals surface area contributed by atoms with E-state index in [0.717, 1.165) is 18.3 Å². The van der Waals surface area contributed by atoms with Crippen molar-refractivity contribution in [2.45, 2.75) is 25.6 Å². The third-order valence-corrected chi connectivity index (χ3v) is 3.32. The normalized spacial score (nSPS) is 23.7. The number of carbonyl (C=O) groups is 1. The molecule has 0 bridgehead atoms. The van der Waals surface area contributed by atoms with Crippen LogP contribution in [0.3, 0.4) is 0 Å². The van der Waals surface area contributed by atoms with Gasteiger partial charge in [0, 0.05) is 12.7 Å². The average Bonchev–Trinajstić information content (AvgIpc) is 2.70. The quantitative estimate of drug-likeness (QED) is 0.899. The van der Waals surface area contributed by atoms with E-state index in [1.54, 1.807) is 6.92 Å². The van der Waals surface area contributed by atoms with Gasteiger partial charge in [-0.05, 0) is 24.5 Å². The lowest BCUT2D eigenvalue weighted by molar-refractivity contribution is -0.139. The van der Waals surface area contributed by atoms with Gasteiger partial charge in [-0.3, -0.25) is 0 Å². The molecule has 0 aromatic carbocycles. The molecule has 1 N–H and O–H groups in total. The van der Waals surface area contributed by atoms with Gasteiger partial charge in [0.2, 0.25) is 0 Å². The highest BCUT2D eigenvalue weighted by molar-refractivity contribution is 5.79. The summed E-state index contributed by atoms with van der Waals surface area (Å²) in [7, 11) is 0. The number of carboxylic acids is 1. The van der Waals surface area contributed by atoms with E-state index in [9.17, 15) is 18.0 Å². The Morgan fingerprint density at radius 2 is 2.21 bits per heavy atom. The Morgan fingerprint density at radius 1 is 1.53 bits per heavy atom. The van der Waals surface area contributed by atoms with Gasteiger partial charge in [-0.25, -0.2) is 9.78 Å². The Balaban J connectivity index is 2.34. The molecule has 0 spiro atoms. The Morgan fingerprint density at radius 3 is 2.79 bits per heavy atom. The van der Waals surface area contributed by atoms with Crippen molar-refractivity contribution in [3.05, 3.63) is 23.9 Å². The number of nitrogens with zero attached hydrogens (tertiary/aromatic N) is 2. The number of anilines is 1. The van der Waals surface area contributed by atoms with Crippen molar-refractivity contribution >= 4 is 11.8 Å². The standard InChI is InChI=1S/C12H13F3N2O2/c1-7-3-5-17(10(7)11(18)19)9-6-8(2-4-16-9)12(13,14)15/h2,4,6-7,10H,3,5H2,1H3,(H,18,19). The molecule has 1 aliphatic rings. The smallest absolute Gasteiger partial charge is 0.416 e. The summed E-state index contributed by atoms with van der Waals surface area (Å²) in [6.45, 7) is 2.17. The van der Waals surface area contributed by atoms with Gasteiger partial charge in [-0.2, -0.15) is 13.2 Å². The first-order valence-electron chi connectivity index (χ1n) is 5.83. The fraction of sp³-hybridized carbons (Fsp3) is 0.500. The molecular formula is C12H13F3N2O2. The third kappa shape index (κ3) is 2.64. The molecule has 104 valence electrons. The second-order valence-electron chi connectivity index (χ2n) is 4.64. The Labute approximate surface area is 107 Å². The Bertz CT molecular complexity index is 490. The van der Waals surface area contributed by atoms with E-state index in [4.69, 9.17) is 5.11 Å². The molecule has 0 radical (unpaired) electrons. The molecule has 2 heterocycles. The highest BCUT2D eigenvalue weighted by atomic mass is 19.4. The minimum Gasteiger partial charge on any atom is -0.480 e. The molecule has 2 atom stereocenters. The number of carboxylic acid groups (broad SMARTS) is 1. The molecule has 4 nitrogen and oxygen atoms in total. The van der Waals surface area contributed by atoms with Crippen LogP contribution in [-0.2, 0) is 11.0 Å². The largest absolute Gasteiger partial charge is 0.480 e.